The van der Waals surface area contributed by atoms with Crippen molar-refractivity contribution >= 4 is 5.91 Å². The van der Waals surface area contributed by atoms with Crippen LogP contribution in [0.5, 0.6) is 0 Å². The van der Waals surface area contributed by atoms with E-state index in [1.165, 1.54) is 0 Å². The van der Waals surface area contributed by atoms with Gasteiger partial charge in [-0.3, -0.25) is 4.79 Å². The van der Waals surface area contributed by atoms with Gasteiger partial charge in [-0.15, -0.1) is 0 Å². The maximum absolute atomic E-state index is 11.4. The summed E-state index contributed by atoms with van der Waals surface area (Å²) in [6.07, 6.45) is -1.08. The molecule has 0 heterocycles. The van der Waals surface area contributed by atoms with Crippen LogP contribution in [-0.2, 0) is 4.79 Å². The summed E-state index contributed by atoms with van der Waals surface area (Å²) in [5, 5.41) is 15.2. The van der Waals surface area contributed by atoms with E-state index >= 15 is 0 Å². The molecule has 0 fully saturated rings. The number of hydrogen-bond donors (Lipinski definition) is 3. The third kappa shape index (κ3) is 3.69. The van der Waals surface area contributed by atoms with Crippen LogP contribution in [-0.4, -0.2) is 31.2 Å². The van der Waals surface area contributed by atoms with Crippen LogP contribution in [0.25, 0.3) is 0 Å². The van der Waals surface area contributed by atoms with E-state index in [1.54, 1.807) is 31.3 Å². The predicted molar refractivity (Wildman–Crippen MR) is 58.3 cm³/mol. The van der Waals surface area contributed by atoms with Gasteiger partial charge < -0.3 is 15.7 Å². The van der Waals surface area contributed by atoms with E-state index in [9.17, 15) is 9.90 Å². The smallest absolute Gasteiger partial charge is 0.253 e. The van der Waals surface area contributed by atoms with E-state index in [0.29, 0.717) is 18.7 Å². The van der Waals surface area contributed by atoms with Gasteiger partial charge in [0.15, 0.2) is 6.10 Å². The van der Waals surface area contributed by atoms with Crippen LogP contribution in [0, 0.1) is 0 Å². The molecule has 4 nitrogen and oxygen atoms in total. The summed E-state index contributed by atoms with van der Waals surface area (Å²) in [6.45, 7) is 1.20. The fourth-order valence-corrected chi connectivity index (χ4v) is 1.19. The maximum atomic E-state index is 11.4. The zero-order valence-corrected chi connectivity index (χ0v) is 8.73. The van der Waals surface area contributed by atoms with Gasteiger partial charge in [-0.05, 0) is 12.6 Å². The van der Waals surface area contributed by atoms with Crippen molar-refractivity contribution in [2.45, 2.75) is 6.10 Å². The molecular formula is C11H16N2O2. The number of likely N-dealkylation sites (N-methyl/N-ethyl adjacent to an activating group) is 1. The minimum absolute atomic E-state index is 0.364. The van der Waals surface area contributed by atoms with Crippen molar-refractivity contribution in [1.29, 1.82) is 0 Å². The highest BCUT2D eigenvalue weighted by molar-refractivity contribution is 5.81. The van der Waals surface area contributed by atoms with Crippen molar-refractivity contribution < 1.29 is 9.90 Å². The SMILES string of the molecule is CNCCNC(=O)C(O)c1ccccc1. The lowest BCUT2D eigenvalue weighted by atomic mass is 10.1. The molecule has 0 aliphatic carbocycles. The van der Waals surface area contributed by atoms with Gasteiger partial charge in [-0.25, -0.2) is 0 Å². The molecule has 0 aliphatic heterocycles. The second-order valence-electron chi connectivity index (χ2n) is 3.21. The van der Waals surface area contributed by atoms with Crippen LogP contribution in [0.4, 0.5) is 0 Å². The molecule has 0 bridgehead atoms. The van der Waals surface area contributed by atoms with Crippen molar-refractivity contribution in [3.8, 4) is 0 Å². The maximum Gasteiger partial charge on any atom is 0.253 e. The fourth-order valence-electron chi connectivity index (χ4n) is 1.19. The van der Waals surface area contributed by atoms with Crippen molar-refractivity contribution in [2.24, 2.45) is 0 Å². The molecular weight excluding hydrogens is 192 g/mol. The molecule has 0 aromatic heterocycles. The van der Waals surface area contributed by atoms with Gasteiger partial charge in [-0.2, -0.15) is 0 Å². The summed E-state index contributed by atoms with van der Waals surface area (Å²) in [6, 6.07) is 8.87. The Bertz CT molecular complexity index is 301. The van der Waals surface area contributed by atoms with Crippen LogP contribution in [0.3, 0.4) is 0 Å². The number of aliphatic hydroxyl groups excluding tert-OH is 1. The topological polar surface area (TPSA) is 61.4 Å². The van der Waals surface area contributed by atoms with Gasteiger partial charge >= 0.3 is 0 Å². The van der Waals surface area contributed by atoms with Gasteiger partial charge in [0, 0.05) is 13.1 Å². The Morgan fingerprint density at radius 2 is 2.00 bits per heavy atom. The number of nitrogens with one attached hydrogen (secondary N) is 2. The zero-order valence-electron chi connectivity index (χ0n) is 8.73. The first-order valence-corrected chi connectivity index (χ1v) is 4.91. The quantitative estimate of drug-likeness (QED) is 0.599. The standard InChI is InChI=1S/C11H16N2O2/c1-12-7-8-13-11(15)10(14)9-5-3-2-4-6-9/h2-6,10,12,14H,7-8H2,1H3,(H,13,15). The van der Waals surface area contributed by atoms with Crippen LogP contribution < -0.4 is 10.6 Å². The van der Waals surface area contributed by atoms with Gasteiger partial charge in [0.25, 0.3) is 5.91 Å². The molecule has 1 aromatic rings. The number of carbonyl (C=O) groups excluding carboxylic acids is 1. The molecule has 1 aromatic carbocycles. The summed E-state index contributed by atoms with van der Waals surface area (Å²) >= 11 is 0. The van der Waals surface area contributed by atoms with Gasteiger partial charge in [0.2, 0.25) is 0 Å². The molecule has 15 heavy (non-hydrogen) atoms. The summed E-state index contributed by atoms with van der Waals surface area (Å²) in [5.74, 6) is -0.364. The van der Waals surface area contributed by atoms with Crippen LogP contribution in [0.2, 0.25) is 0 Å². The summed E-state index contributed by atoms with van der Waals surface area (Å²) < 4.78 is 0. The minimum Gasteiger partial charge on any atom is -0.378 e. The van der Waals surface area contributed by atoms with Crippen molar-refractivity contribution in [3.63, 3.8) is 0 Å². The van der Waals surface area contributed by atoms with Crippen molar-refractivity contribution in [2.75, 3.05) is 20.1 Å². The lowest BCUT2D eigenvalue weighted by Gasteiger charge is -2.11. The minimum atomic E-state index is -1.08. The third-order valence-electron chi connectivity index (χ3n) is 2.04. The first-order valence-electron chi connectivity index (χ1n) is 4.91. The van der Waals surface area contributed by atoms with Crippen molar-refractivity contribution in [1.82, 2.24) is 10.6 Å². The molecule has 0 saturated heterocycles. The number of aliphatic hydroxyl groups is 1. The molecule has 1 atom stereocenters. The Morgan fingerprint density at radius 3 is 2.60 bits per heavy atom. The molecule has 3 N–H and O–H groups in total. The largest absolute Gasteiger partial charge is 0.378 e. The van der Waals surface area contributed by atoms with Crippen molar-refractivity contribution in [3.05, 3.63) is 35.9 Å². The number of amides is 1. The summed E-state index contributed by atoms with van der Waals surface area (Å²) in [7, 11) is 1.81. The first-order chi connectivity index (χ1) is 7.25. The molecule has 1 amide bonds. The molecule has 0 aliphatic rings. The van der Waals surface area contributed by atoms with E-state index in [-0.39, 0.29) is 5.91 Å². The van der Waals surface area contributed by atoms with Crippen LogP contribution in [0.15, 0.2) is 30.3 Å². The Labute approximate surface area is 89.3 Å². The van der Waals surface area contributed by atoms with E-state index < -0.39 is 6.10 Å². The van der Waals surface area contributed by atoms with E-state index in [2.05, 4.69) is 10.6 Å². The monoisotopic (exact) mass is 208 g/mol. The number of rotatable bonds is 5. The summed E-state index contributed by atoms with van der Waals surface area (Å²) in [4.78, 5) is 11.4. The molecule has 82 valence electrons. The van der Waals surface area contributed by atoms with Crippen LogP contribution >= 0.6 is 0 Å². The molecule has 4 heteroatoms. The van der Waals surface area contributed by atoms with E-state index in [0.717, 1.165) is 0 Å². The lowest BCUT2D eigenvalue weighted by Crippen LogP contribution is -2.34. The zero-order chi connectivity index (χ0) is 11.1. The van der Waals surface area contributed by atoms with Gasteiger partial charge in [0.05, 0.1) is 0 Å². The normalized spacial score (nSPS) is 12.1. The van der Waals surface area contributed by atoms with E-state index in [1.807, 2.05) is 6.07 Å². The Kier molecular flexibility index (Phi) is 4.80. The Morgan fingerprint density at radius 1 is 1.33 bits per heavy atom. The second-order valence-corrected chi connectivity index (χ2v) is 3.21. The highest BCUT2D eigenvalue weighted by Crippen LogP contribution is 2.11. The lowest BCUT2D eigenvalue weighted by molar-refractivity contribution is -0.129. The molecule has 0 saturated carbocycles. The van der Waals surface area contributed by atoms with E-state index in [4.69, 9.17) is 0 Å². The van der Waals surface area contributed by atoms with Gasteiger partial charge in [-0.1, -0.05) is 30.3 Å². The predicted octanol–water partition coefficient (Wildman–Crippen LogP) is 0.0556. The second kappa shape index (κ2) is 6.16. The first kappa shape index (κ1) is 11.7. The molecule has 1 unspecified atom stereocenters. The average molecular weight is 208 g/mol. The van der Waals surface area contributed by atoms with Gasteiger partial charge in [0.1, 0.15) is 0 Å². The van der Waals surface area contributed by atoms with Crippen LogP contribution in [0.1, 0.15) is 11.7 Å². The average Bonchev–Trinajstić information content (AvgIpc) is 2.29. The summed E-state index contributed by atoms with van der Waals surface area (Å²) in [5.41, 5.74) is 0.611. The molecule has 1 rings (SSSR count). The molecule has 0 radical (unpaired) electrons. The Balaban J connectivity index is 2.46. The fraction of sp³-hybridized carbons (Fsp3) is 0.364. The third-order valence-corrected chi connectivity index (χ3v) is 2.04. The number of hydrogen-bond acceptors (Lipinski definition) is 3. The number of carbonyl (C=O) groups is 1. The Hall–Kier alpha value is -1.39. The highest BCUT2D eigenvalue weighted by atomic mass is 16.3. The number of benzene rings is 1. The highest BCUT2D eigenvalue weighted by Gasteiger charge is 2.15. The molecule has 0 spiro atoms.